The van der Waals surface area contributed by atoms with Gasteiger partial charge in [0.1, 0.15) is 0 Å². The molecule has 0 unspecified atom stereocenters. The lowest BCUT2D eigenvalue weighted by Gasteiger charge is -2.01. The molecule has 0 aliphatic carbocycles. The van der Waals surface area contributed by atoms with Gasteiger partial charge in [-0.3, -0.25) is 0 Å². The van der Waals surface area contributed by atoms with E-state index in [9.17, 15) is 0 Å². The van der Waals surface area contributed by atoms with Crippen LogP contribution < -0.4 is 5.32 Å². The summed E-state index contributed by atoms with van der Waals surface area (Å²) in [6.45, 7) is 5.70. The van der Waals surface area contributed by atoms with Gasteiger partial charge in [0.05, 0.1) is 6.61 Å². The second-order valence-electron chi connectivity index (χ2n) is 2.39. The second-order valence-corrected chi connectivity index (χ2v) is 2.39. The molecule has 2 N–H and O–H groups in total. The molecule has 0 saturated heterocycles. The Morgan fingerprint density at radius 2 is 1.77 bits per heavy atom. The summed E-state index contributed by atoms with van der Waals surface area (Å²) in [5.74, 6) is 0. The summed E-state index contributed by atoms with van der Waals surface area (Å²) in [6.07, 6.45) is 0. The Labute approximate surface area is 80.6 Å². The number of hydrogen-bond donors (Lipinski definition) is 2. The van der Waals surface area contributed by atoms with Gasteiger partial charge < -0.3 is 10.4 Å². The molecule has 0 aromatic heterocycles. The minimum atomic E-state index is 0.201. The van der Waals surface area contributed by atoms with Crippen LogP contribution in [0.4, 0.5) is 0 Å². The van der Waals surface area contributed by atoms with Gasteiger partial charge in [-0.2, -0.15) is 0 Å². The topological polar surface area (TPSA) is 32.3 Å². The van der Waals surface area contributed by atoms with Gasteiger partial charge in [-0.25, -0.2) is 0 Å². The van der Waals surface area contributed by atoms with Gasteiger partial charge in [0.25, 0.3) is 0 Å². The van der Waals surface area contributed by atoms with Crippen molar-refractivity contribution in [1.29, 1.82) is 0 Å². The Morgan fingerprint density at radius 3 is 2.31 bits per heavy atom. The number of aliphatic hydroxyl groups excluding tert-OH is 1. The van der Waals surface area contributed by atoms with Crippen molar-refractivity contribution in [1.82, 2.24) is 5.32 Å². The molecule has 0 radical (unpaired) electrons. The molecule has 0 spiro atoms. The highest BCUT2D eigenvalue weighted by Crippen LogP contribution is 1.96. The summed E-state index contributed by atoms with van der Waals surface area (Å²) in [4.78, 5) is 0. The number of hydrogen-bond acceptors (Lipinski definition) is 2. The van der Waals surface area contributed by atoms with Crippen molar-refractivity contribution in [3.05, 3.63) is 35.9 Å². The average Bonchev–Trinajstić information content (AvgIpc) is 2.23. The van der Waals surface area contributed by atoms with Crippen LogP contribution in [0.1, 0.15) is 19.4 Å². The van der Waals surface area contributed by atoms with Crippen LogP contribution in [0, 0.1) is 0 Å². The van der Waals surface area contributed by atoms with E-state index in [-0.39, 0.29) is 6.61 Å². The molecule has 13 heavy (non-hydrogen) atoms. The van der Waals surface area contributed by atoms with Crippen molar-refractivity contribution in [3.63, 3.8) is 0 Å². The maximum Gasteiger partial charge on any atom is 0.0556 e. The van der Waals surface area contributed by atoms with Crippen molar-refractivity contribution in [2.24, 2.45) is 0 Å². The lowest BCUT2D eigenvalue weighted by atomic mass is 10.2. The molecule has 0 atom stereocenters. The van der Waals surface area contributed by atoms with Crippen LogP contribution in [0.2, 0.25) is 0 Å². The lowest BCUT2D eigenvalue weighted by molar-refractivity contribution is 0.292. The molecule has 0 amide bonds. The van der Waals surface area contributed by atoms with Crippen LogP contribution >= 0.6 is 0 Å². The Balaban J connectivity index is 0.000000671. The summed E-state index contributed by atoms with van der Waals surface area (Å²) in [5, 5.41) is 11.6. The molecular formula is C11H19NO. The fourth-order valence-electron chi connectivity index (χ4n) is 0.908. The Morgan fingerprint density at radius 1 is 1.15 bits per heavy atom. The first-order valence-electron chi connectivity index (χ1n) is 4.79. The van der Waals surface area contributed by atoms with Crippen molar-refractivity contribution in [2.75, 3.05) is 13.2 Å². The molecule has 0 aliphatic heterocycles. The van der Waals surface area contributed by atoms with Crippen LogP contribution in [0.15, 0.2) is 30.3 Å². The second kappa shape index (κ2) is 9.23. The first-order chi connectivity index (χ1) is 6.43. The zero-order valence-corrected chi connectivity index (χ0v) is 8.46. The van der Waals surface area contributed by atoms with Crippen LogP contribution in [-0.4, -0.2) is 18.3 Å². The standard InChI is InChI=1S/C9H13NO.C2H6/c11-7-6-10-8-9-4-2-1-3-5-9;1-2/h1-5,10-11H,6-8H2;1-2H3. The first kappa shape index (κ1) is 12.1. The van der Waals surface area contributed by atoms with Gasteiger partial charge in [0.2, 0.25) is 0 Å². The van der Waals surface area contributed by atoms with Gasteiger partial charge in [-0.1, -0.05) is 44.2 Å². The fourth-order valence-corrected chi connectivity index (χ4v) is 0.908. The van der Waals surface area contributed by atoms with Crippen LogP contribution in [-0.2, 0) is 6.54 Å². The Hall–Kier alpha value is -0.860. The monoisotopic (exact) mass is 181 g/mol. The molecule has 1 aromatic rings. The van der Waals surface area contributed by atoms with Crippen molar-refractivity contribution in [2.45, 2.75) is 20.4 Å². The first-order valence-corrected chi connectivity index (χ1v) is 4.79. The SMILES string of the molecule is CC.OCCNCc1ccccc1. The third-order valence-electron chi connectivity index (χ3n) is 1.46. The zero-order valence-electron chi connectivity index (χ0n) is 8.46. The van der Waals surface area contributed by atoms with Crippen LogP contribution in [0.25, 0.3) is 0 Å². The van der Waals surface area contributed by atoms with E-state index in [0.29, 0.717) is 6.54 Å². The number of nitrogens with one attached hydrogen (secondary N) is 1. The zero-order chi connectivity index (χ0) is 9.94. The molecular weight excluding hydrogens is 162 g/mol. The van der Waals surface area contributed by atoms with E-state index >= 15 is 0 Å². The molecule has 0 heterocycles. The maximum atomic E-state index is 8.48. The van der Waals surface area contributed by atoms with Gasteiger partial charge in [0, 0.05) is 13.1 Å². The molecule has 0 aliphatic rings. The number of aliphatic hydroxyl groups is 1. The highest BCUT2D eigenvalue weighted by atomic mass is 16.3. The summed E-state index contributed by atoms with van der Waals surface area (Å²) in [7, 11) is 0. The molecule has 74 valence electrons. The third kappa shape index (κ3) is 6.31. The van der Waals surface area contributed by atoms with E-state index in [1.165, 1.54) is 5.56 Å². The smallest absolute Gasteiger partial charge is 0.0556 e. The Kier molecular flexibility index (Phi) is 8.62. The van der Waals surface area contributed by atoms with Crippen molar-refractivity contribution in [3.8, 4) is 0 Å². The Bertz CT molecular complexity index is 187. The van der Waals surface area contributed by atoms with Gasteiger partial charge in [-0.05, 0) is 5.56 Å². The minimum absolute atomic E-state index is 0.201. The van der Waals surface area contributed by atoms with Crippen LogP contribution in [0.5, 0.6) is 0 Å². The number of benzene rings is 1. The molecule has 1 rings (SSSR count). The summed E-state index contributed by atoms with van der Waals surface area (Å²) in [6, 6.07) is 10.1. The molecule has 2 nitrogen and oxygen atoms in total. The summed E-state index contributed by atoms with van der Waals surface area (Å²) >= 11 is 0. The predicted octanol–water partition coefficient (Wildman–Crippen LogP) is 1.79. The summed E-state index contributed by atoms with van der Waals surface area (Å²) < 4.78 is 0. The average molecular weight is 181 g/mol. The fraction of sp³-hybridized carbons (Fsp3) is 0.455. The van der Waals surface area contributed by atoms with E-state index in [1.807, 2.05) is 32.0 Å². The minimum Gasteiger partial charge on any atom is -0.395 e. The molecule has 0 saturated carbocycles. The normalized spacial score (nSPS) is 8.85. The van der Waals surface area contributed by atoms with Gasteiger partial charge in [-0.15, -0.1) is 0 Å². The van der Waals surface area contributed by atoms with Crippen LogP contribution in [0.3, 0.4) is 0 Å². The highest BCUT2D eigenvalue weighted by molar-refractivity contribution is 5.14. The van der Waals surface area contributed by atoms with Gasteiger partial charge in [0.15, 0.2) is 0 Å². The van der Waals surface area contributed by atoms with Crippen molar-refractivity contribution >= 4 is 0 Å². The maximum absolute atomic E-state index is 8.48. The van der Waals surface area contributed by atoms with E-state index < -0.39 is 0 Å². The highest BCUT2D eigenvalue weighted by Gasteiger charge is 1.87. The molecule has 2 heteroatoms. The molecule has 1 aromatic carbocycles. The van der Waals surface area contributed by atoms with E-state index in [0.717, 1.165) is 6.54 Å². The number of rotatable bonds is 4. The summed E-state index contributed by atoms with van der Waals surface area (Å²) in [5.41, 5.74) is 1.25. The van der Waals surface area contributed by atoms with E-state index in [4.69, 9.17) is 5.11 Å². The van der Waals surface area contributed by atoms with Gasteiger partial charge >= 0.3 is 0 Å². The molecule has 0 bridgehead atoms. The molecule has 0 fully saturated rings. The van der Waals surface area contributed by atoms with Crippen molar-refractivity contribution < 1.29 is 5.11 Å². The largest absolute Gasteiger partial charge is 0.395 e. The lowest BCUT2D eigenvalue weighted by Crippen LogP contribution is -2.17. The van der Waals surface area contributed by atoms with E-state index in [1.54, 1.807) is 0 Å². The third-order valence-corrected chi connectivity index (χ3v) is 1.46. The quantitative estimate of drug-likeness (QED) is 0.694. The predicted molar refractivity (Wildman–Crippen MR) is 56.6 cm³/mol. The van der Waals surface area contributed by atoms with E-state index in [2.05, 4.69) is 17.4 Å².